The van der Waals surface area contributed by atoms with Crippen LogP contribution in [0.25, 0.3) is 0 Å². The van der Waals surface area contributed by atoms with Gasteiger partial charge >= 0.3 is 0 Å². The van der Waals surface area contributed by atoms with Gasteiger partial charge in [0.05, 0.1) is 13.2 Å². The third-order valence-electron chi connectivity index (χ3n) is 1.84. The summed E-state index contributed by atoms with van der Waals surface area (Å²) in [5.74, 6) is 2.92. The van der Waals surface area contributed by atoms with Crippen LogP contribution in [0.2, 0.25) is 0 Å². The number of methoxy groups -OCH3 is 1. The maximum absolute atomic E-state index is 5.56. The number of nitrogens with one attached hydrogen (secondary N) is 1. The zero-order chi connectivity index (χ0) is 9.40. The molecule has 0 rings (SSSR count). The molecule has 0 aliphatic carbocycles. The molecule has 3 nitrogen and oxygen atoms in total. The Balaban J connectivity index is 3.72. The number of rotatable bonds is 6. The van der Waals surface area contributed by atoms with E-state index in [0.29, 0.717) is 25.6 Å². The predicted molar refractivity (Wildman–Crippen MR) is 50.7 cm³/mol. The first-order valence-corrected chi connectivity index (χ1v) is 4.12. The van der Waals surface area contributed by atoms with Gasteiger partial charge in [0.25, 0.3) is 0 Å². The highest BCUT2D eigenvalue weighted by Gasteiger charge is 2.13. The summed E-state index contributed by atoms with van der Waals surface area (Å²) in [6.45, 7) is 3.95. The van der Waals surface area contributed by atoms with Crippen molar-refractivity contribution in [3.8, 4) is 12.3 Å². The van der Waals surface area contributed by atoms with Crippen molar-refractivity contribution in [2.75, 3.05) is 26.8 Å². The van der Waals surface area contributed by atoms with Crippen LogP contribution >= 0.6 is 0 Å². The zero-order valence-electron chi connectivity index (χ0n) is 7.84. The van der Waals surface area contributed by atoms with Crippen molar-refractivity contribution in [1.29, 1.82) is 0 Å². The molecule has 0 aromatic heterocycles. The van der Waals surface area contributed by atoms with E-state index in [0.717, 1.165) is 0 Å². The van der Waals surface area contributed by atoms with E-state index in [1.807, 2.05) is 0 Å². The molecule has 0 saturated carbocycles. The second kappa shape index (κ2) is 7.11. The molecule has 2 unspecified atom stereocenters. The van der Waals surface area contributed by atoms with Gasteiger partial charge in [-0.25, -0.2) is 0 Å². The lowest BCUT2D eigenvalue weighted by Crippen LogP contribution is -2.42. The number of terminal acetylenes is 1. The van der Waals surface area contributed by atoms with E-state index in [4.69, 9.17) is 16.9 Å². The highest BCUT2D eigenvalue weighted by atomic mass is 16.5. The van der Waals surface area contributed by atoms with Gasteiger partial charge in [-0.2, -0.15) is 0 Å². The Morgan fingerprint density at radius 2 is 2.33 bits per heavy atom. The van der Waals surface area contributed by atoms with Crippen LogP contribution in [0.15, 0.2) is 0 Å². The van der Waals surface area contributed by atoms with Crippen LogP contribution in [0, 0.1) is 18.3 Å². The van der Waals surface area contributed by atoms with Crippen LogP contribution < -0.4 is 11.1 Å². The van der Waals surface area contributed by atoms with Crippen LogP contribution in [-0.2, 0) is 4.74 Å². The first-order chi connectivity index (χ1) is 5.76. The maximum atomic E-state index is 5.56. The molecule has 2 atom stereocenters. The molecule has 3 heteroatoms. The van der Waals surface area contributed by atoms with Crippen molar-refractivity contribution in [3.63, 3.8) is 0 Å². The summed E-state index contributed by atoms with van der Waals surface area (Å²) in [4.78, 5) is 0. The summed E-state index contributed by atoms with van der Waals surface area (Å²) in [5.41, 5.74) is 5.56. The van der Waals surface area contributed by atoms with Crippen LogP contribution in [0.4, 0.5) is 0 Å². The fourth-order valence-electron chi connectivity index (χ4n) is 1.09. The molecule has 0 spiro atoms. The van der Waals surface area contributed by atoms with Crippen LogP contribution in [0.1, 0.15) is 6.92 Å². The van der Waals surface area contributed by atoms with E-state index in [1.165, 1.54) is 0 Å². The Hall–Kier alpha value is -0.560. The number of nitrogens with two attached hydrogens (primary N) is 1. The van der Waals surface area contributed by atoms with Gasteiger partial charge in [-0.05, 0) is 5.92 Å². The predicted octanol–water partition coefficient (Wildman–Crippen LogP) is -0.181. The fraction of sp³-hybridized carbons (Fsp3) is 0.778. The van der Waals surface area contributed by atoms with Gasteiger partial charge < -0.3 is 15.8 Å². The minimum Gasteiger partial charge on any atom is -0.384 e. The molecular formula is C9H18N2O. The van der Waals surface area contributed by atoms with Crippen LogP contribution in [0.5, 0.6) is 0 Å². The quantitative estimate of drug-likeness (QED) is 0.544. The van der Waals surface area contributed by atoms with Crippen LogP contribution in [-0.4, -0.2) is 32.8 Å². The van der Waals surface area contributed by atoms with Gasteiger partial charge in [0.15, 0.2) is 0 Å². The van der Waals surface area contributed by atoms with Crippen molar-refractivity contribution in [1.82, 2.24) is 5.32 Å². The smallest absolute Gasteiger partial charge is 0.0576 e. The van der Waals surface area contributed by atoms with Crippen molar-refractivity contribution in [2.45, 2.75) is 13.0 Å². The van der Waals surface area contributed by atoms with Gasteiger partial charge in [-0.1, -0.05) is 12.8 Å². The summed E-state index contributed by atoms with van der Waals surface area (Å²) in [7, 11) is 1.69. The minimum atomic E-state index is 0.251. The Morgan fingerprint density at radius 1 is 1.67 bits per heavy atom. The van der Waals surface area contributed by atoms with Crippen LogP contribution in [0.3, 0.4) is 0 Å². The standard InChI is InChI=1S/C9H18N2O/c1-4-5-11-9(6-10)8(2)7-12-3/h1,8-9,11H,5-7,10H2,2-3H3. The minimum absolute atomic E-state index is 0.251. The summed E-state index contributed by atoms with van der Waals surface area (Å²) >= 11 is 0. The van der Waals surface area contributed by atoms with E-state index in [-0.39, 0.29) is 6.04 Å². The Kier molecular flexibility index (Phi) is 6.78. The Bertz CT molecular complexity index is 142. The van der Waals surface area contributed by atoms with Gasteiger partial charge in [0, 0.05) is 19.7 Å². The fourth-order valence-corrected chi connectivity index (χ4v) is 1.09. The van der Waals surface area contributed by atoms with Gasteiger partial charge in [0.2, 0.25) is 0 Å². The molecule has 0 aliphatic rings. The third kappa shape index (κ3) is 4.35. The lowest BCUT2D eigenvalue weighted by Gasteiger charge is -2.21. The number of hydrogen-bond acceptors (Lipinski definition) is 3. The van der Waals surface area contributed by atoms with E-state index in [2.05, 4.69) is 18.2 Å². The Morgan fingerprint density at radius 3 is 2.75 bits per heavy atom. The first kappa shape index (κ1) is 11.4. The number of ether oxygens (including phenoxy) is 1. The summed E-state index contributed by atoms with van der Waals surface area (Å²) < 4.78 is 5.02. The van der Waals surface area contributed by atoms with E-state index < -0.39 is 0 Å². The number of hydrogen-bond donors (Lipinski definition) is 2. The van der Waals surface area contributed by atoms with E-state index in [9.17, 15) is 0 Å². The average Bonchev–Trinajstić information content (AvgIpc) is 2.06. The molecular weight excluding hydrogens is 152 g/mol. The second-order valence-corrected chi connectivity index (χ2v) is 2.86. The van der Waals surface area contributed by atoms with Crippen molar-refractivity contribution in [3.05, 3.63) is 0 Å². The average molecular weight is 170 g/mol. The van der Waals surface area contributed by atoms with Crippen molar-refractivity contribution < 1.29 is 4.74 Å². The van der Waals surface area contributed by atoms with Crippen molar-refractivity contribution >= 4 is 0 Å². The molecule has 0 radical (unpaired) electrons. The molecule has 0 saturated heterocycles. The van der Waals surface area contributed by atoms with Crippen molar-refractivity contribution in [2.24, 2.45) is 11.7 Å². The molecule has 0 aliphatic heterocycles. The van der Waals surface area contributed by atoms with Gasteiger partial charge in [-0.3, -0.25) is 0 Å². The molecule has 70 valence electrons. The molecule has 0 heterocycles. The SMILES string of the molecule is C#CCNC(CN)C(C)COC. The topological polar surface area (TPSA) is 47.3 Å². The molecule has 0 bridgehead atoms. The third-order valence-corrected chi connectivity index (χ3v) is 1.84. The molecule has 12 heavy (non-hydrogen) atoms. The molecule has 0 fully saturated rings. The highest BCUT2D eigenvalue weighted by molar-refractivity contribution is 4.89. The van der Waals surface area contributed by atoms with Gasteiger partial charge in [-0.15, -0.1) is 6.42 Å². The maximum Gasteiger partial charge on any atom is 0.0576 e. The normalized spacial score (nSPS) is 15.2. The monoisotopic (exact) mass is 170 g/mol. The molecule has 0 amide bonds. The summed E-state index contributed by atoms with van der Waals surface area (Å²) in [5, 5.41) is 3.16. The Labute approximate surface area is 74.7 Å². The second-order valence-electron chi connectivity index (χ2n) is 2.86. The van der Waals surface area contributed by atoms with Gasteiger partial charge in [0.1, 0.15) is 0 Å². The molecule has 0 aromatic rings. The van der Waals surface area contributed by atoms with E-state index >= 15 is 0 Å². The zero-order valence-corrected chi connectivity index (χ0v) is 7.84. The summed E-state index contributed by atoms with van der Waals surface area (Å²) in [6, 6.07) is 0.251. The first-order valence-electron chi connectivity index (χ1n) is 4.12. The molecule has 3 N–H and O–H groups in total. The molecule has 0 aromatic carbocycles. The lowest BCUT2D eigenvalue weighted by molar-refractivity contribution is 0.141. The lowest BCUT2D eigenvalue weighted by atomic mass is 10.0. The highest BCUT2D eigenvalue weighted by Crippen LogP contribution is 2.01. The largest absolute Gasteiger partial charge is 0.384 e. The van der Waals surface area contributed by atoms with E-state index in [1.54, 1.807) is 7.11 Å². The summed E-state index contributed by atoms with van der Waals surface area (Å²) in [6.07, 6.45) is 5.12.